The number of hydrogen-bond acceptors (Lipinski definition) is 8. The van der Waals surface area contributed by atoms with Gasteiger partial charge in [0.15, 0.2) is 6.29 Å². The highest BCUT2D eigenvalue weighted by Crippen LogP contribution is 2.23. The fourth-order valence-corrected chi connectivity index (χ4v) is 9.46. The normalized spacial score (nSPS) is 19.7. The van der Waals surface area contributed by atoms with Gasteiger partial charge in [0.1, 0.15) is 24.4 Å². The Kier molecular flexibility index (Phi) is 47.4. The van der Waals surface area contributed by atoms with Crippen LogP contribution in [0.25, 0.3) is 0 Å². The number of carbonyl (C=O) groups is 1. The minimum atomic E-state index is -1.57. The lowest BCUT2D eigenvalue weighted by Crippen LogP contribution is -2.60. The van der Waals surface area contributed by atoms with Gasteiger partial charge >= 0.3 is 0 Å². The van der Waals surface area contributed by atoms with E-state index >= 15 is 0 Å². The van der Waals surface area contributed by atoms with Gasteiger partial charge in [0.05, 0.1) is 25.4 Å². The third-order valence-corrected chi connectivity index (χ3v) is 14.2. The summed E-state index contributed by atoms with van der Waals surface area (Å²) in [6, 6.07) is -0.823. The second kappa shape index (κ2) is 50.0. The zero-order valence-corrected chi connectivity index (χ0v) is 45.1. The van der Waals surface area contributed by atoms with Crippen LogP contribution in [0.4, 0.5) is 0 Å². The number of amides is 1. The fraction of sp³-hybridized carbons (Fsp3) is 0.883. The molecule has 0 saturated carbocycles. The molecule has 1 fully saturated rings. The first-order valence-corrected chi connectivity index (χ1v) is 29.7. The smallest absolute Gasteiger partial charge is 0.220 e. The molecule has 1 heterocycles. The molecule has 69 heavy (non-hydrogen) atoms. The number of rotatable bonds is 51. The van der Waals surface area contributed by atoms with E-state index < -0.39 is 49.5 Å². The van der Waals surface area contributed by atoms with E-state index in [4.69, 9.17) is 9.47 Å². The number of ether oxygens (including phenoxy) is 2. The van der Waals surface area contributed by atoms with E-state index in [1.807, 2.05) is 6.08 Å². The molecule has 0 aliphatic carbocycles. The molecule has 0 aromatic rings. The average Bonchev–Trinajstić information content (AvgIpc) is 3.35. The van der Waals surface area contributed by atoms with Crippen LogP contribution in [0.5, 0.6) is 0 Å². The molecule has 1 aliphatic heterocycles. The Morgan fingerprint density at radius 3 is 1.22 bits per heavy atom. The summed E-state index contributed by atoms with van der Waals surface area (Å²) >= 11 is 0. The summed E-state index contributed by atoms with van der Waals surface area (Å²) in [4.78, 5) is 13.0. The Bertz CT molecular complexity index is 1180. The zero-order valence-electron chi connectivity index (χ0n) is 45.1. The second-order valence-corrected chi connectivity index (χ2v) is 20.8. The van der Waals surface area contributed by atoms with E-state index in [9.17, 15) is 30.3 Å². The van der Waals surface area contributed by atoms with Crippen molar-refractivity contribution in [3.05, 3.63) is 36.5 Å². The van der Waals surface area contributed by atoms with E-state index in [0.717, 1.165) is 38.5 Å². The van der Waals surface area contributed by atoms with Crippen molar-refractivity contribution in [1.29, 1.82) is 0 Å². The molecule has 0 spiro atoms. The quantitative estimate of drug-likeness (QED) is 0.0261. The largest absolute Gasteiger partial charge is 0.394 e. The lowest BCUT2D eigenvalue weighted by Gasteiger charge is -2.40. The first kappa shape index (κ1) is 65.4. The summed E-state index contributed by atoms with van der Waals surface area (Å²) in [6.45, 7) is 3.79. The molecule has 7 unspecified atom stereocenters. The summed E-state index contributed by atoms with van der Waals surface area (Å²) in [5.41, 5.74) is 0. The van der Waals surface area contributed by atoms with Crippen LogP contribution in [-0.2, 0) is 14.3 Å². The van der Waals surface area contributed by atoms with Gasteiger partial charge in [0, 0.05) is 6.42 Å². The highest BCUT2D eigenvalue weighted by Gasteiger charge is 2.44. The Morgan fingerprint density at radius 1 is 0.478 bits per heavy atom. The maximum Gasteiger partial charge on any atom is 0.220 e. The number of aliphatic hydroxyl groups is 5. The van der Waals surface area contributed by atoms with E-state index in [-0.39, 0.29) is 12.5 Å². The van der Waals surface area contributed by atoms with Crippen LogP contribution in [0.1, 0.15) is 284 Å². The van der Waals surface area contributed by atoms with E-state index in [2.05, 4.69) is 43.5 Å². The number of carbonyl (C=O) groups excluding carboxylic acids is 1. The topological polar surface area (TPSA) is 149 Å². The van der Waals surface area contributed by atoms with Crippen LogP contribution in [0.2, 0.25) is 0 Å². The minimum absolute atomic E-state index is 0.186. The summed E-state index contributed by atoms with van der Waals surface area (Å²) in [5, 5.41) is 54.5. The van der Waals surface area contributed by atoms with Gasteiger partial charge in [-0.1, -0.05) is 256 Å². The molecule has 6 N–H and O–H groups in total. The number of nitrogens with one attached hydrogen (secondary N) is 1. The Morgan fingerprint density at radius 2 is 0.826 bits per heavy atom. The predicted octanol–water partition coefficient (Wildman–Crippen LogP) is 14.7. The van der Waals surface area contributed by atoms with Crippen molar-refractivity contribution in [2.45, 2.75) is 326 Å². The molecule has 0 radical (unpaired) electrons. The van der Waals surface area contributed by atoms with Gasteiger partial charge in [0.25, 0.3) is 0 Å². The van der Waals surface area contributed by atoms with Crippen LogP contribution in [0, 0.1) is 0 Å². The first-order valence-electron chi connectivity index (χ1n) is 29.7. The molecule has 1 amide bonds. The SMILES string of the molecule is CCCCCCCC/C=C\CCCCCCCCCCCC(=O)NC(COC1OC(CO)C(O)C(O)C1O)C(O)/C=C/CC/C=C/CCCCCCCCCCCCCCCCCCCCCCC. The van der Waals surface area contributed by atoms with Crippen LogP contribution in [-0.4, -0.2) is 87.5 Å². The number of hydrogen-bond donors (Lipinski definition) is 6. The molecule has 1 rings (SSSR count). The molecule has 1 aliphatic rings. The van der Waals surface area contributed by atoms with Crippen LogP contribution < -0.4 is 5.32 Å². The molecular formula is C60H113NO8. The minimum Gasteiger partial charge on any atom is -0.394 e. The number of aliphatic hydroxyl groups excluding tert-OH is 5. The van der Waals surface area contributed by atoms with Crippen molar-refractivity contribution in [3.8, 4) is 0 Å². The van der Waals surface area contributed by atoms with Crippen molar-refractivity contribution < 1.29 is 39.8 Å². The summed E-state index contributed by atoms with van der Waals surface area (Å²) in [6.07, 6.45) is 57.9. The number of unbranched alkanes of at least 4 members (excludes halogenated alkanes) is 37. The van der Waals surface area contributed by atoms with Crippen LogP contribution in [0.15, 0.2) is 36.5 Å². The molecule has 0 bridgehead atoms. The van der Waals surface area contributed by atoms with Crippen LogP contribution >= 0.6 is 0 Å². The molecule has 406 valence electrons. The third-order valence-electron chi connectivity index (χ3n) is 14.2. The zero-order chi connectivity index (χ0) is 50.1. The van der Waals surface area contributed by atoms with Crippen LogP contribution in [0.3, 0.4) is 0 Å². The summed E-state index contributed by atoms with van der Waals surface area (Å²) in [5.74, 6) is -0.186. The van der Waals surface area contributed by atoms with Gasteiger partial charge in [-0.25, -0.2) is 0 Å². The van der Waals surface area contributed by atoms with Gasteiger partial charge in [0.2, 0.25) is 5.91 Å². The summed E-state index contributed by atoms with van der Waals surface area (Å²) in [7, 11) is 0. The molecule has 7 atom stereocenters. The molecule has 9 nitrogen and oxygen atoms in total. The van der Waals surface area contributed by atoms with Gasteiger partial charge in [-0.3, -0.25) is 4.79 Å². The van der Waals surface area contributed by atoms with Gasteiger partial charge < -0.3 is 40.3 Å². The highest BCUT2D eigenvalue weighted by molar-refractivity contribution is 5.76. The van der Waals surface area contributed by atoms with Crippen molar-refractivity contribution in [1.82, 2.24) is 5.32 Å². The molecule has 9 heteroatoms. The van der Waals surface area contributed by atoms with E-state index in [1.165, 1.54) is 225 Å². The van der Waals surface area contributed by atoms with E-state index in [0.29, 0.717) is 6.42 Å². The predicted molar refractivity (Wildman–Crippen MR) is 290 cm³/mol. The molecule has 1 saturated heterocycles. The van der Waals surface area contributed by atoms with Crippen molar-refractivity contribution in [3.63, 3.8) is 0 Å². The number of allylic oxidation sites excluding steroid dienone is 5. The maximum atomic E-state index is 13.0. The second-order valence-electron chi connectivity index (χ2n) is 20.8. The third kappa shape index (κ3) is 39.6. The first-order chi connectivity index (χ1) is 33.8. The monoisotopic (exact) mass is 976 g/mol. The summed E-state index contributed by atoms with van der Waals surface area (Å²) < 4.78 is 11.3. The van der Waals surface area contributed by atoms with Gasteiger partial charge in [-0.2, -0.15) is 0 Å². The van der Waals surface area contributed by atoms with Gasteiger partial charge in [-0.15, -0.1) is 0 Å². The Labute approximate surface area is 425 Å². The standard InChI is InChI=1S/C60H113NO8/c1-3-5-7-9-11-13-15-17-19-21-23-24-25-26-27-28-29-30-32-33-35-37-39-41-43-45-47-49-54(63)53(52-68-60-59(67)58(66)57(65)55(51-62)69-60)61-56(64)50-48-46-44-42-40-38-36-34-31-22-20-18-16-14-12-10-8-6-4-2/h18,20,39,41,47,49,53-55,57-60,62-63,65-67H,3-17,19,21-38,40,42-46,48,50-52H2,1-2H3,(H,61,64)/b20-18-,41-39+,49-47+. The molecule has 0 aromatic carbocycles. The maximum absolute atomic E-state index is 13.0. The van der Waals surface area contributed by atoms with Crippen molar-refractivity contribution >= 4 is 5.91 Å². The average molecular weight is 977 g/mol. The molecular weight excluding hydrogens is 863 g/mol. The Hall–Kier alpha value is -1.59. The lowest BCUT2D eigenvalue weighted by atomic mass is 9.99. The van der Waals surface area contributed by atoms with Gasteiger partial charge in [-0.05, 0) is 57.8 Å². The Balaban J connectivity index is 2.23. The van der Waals surface area contributed by atoms with Crippen molar-refractivity contribution in [2.75, 3.05) is 13.2 Å². The van der Waals surface area contributed by atoms with Crippen molar-refractivity contribution in [2.24, 2.45) is 0 Å². The lowest BCUT2D eigenvalue weighted by molar-refractivity contribution is -0.302. The van der Waals surface area contributed by atoms with E-state index in [1.54, 1.807) is 6.08 Å². The molecule has 0 aromatic heterocycles. The fourth-order valence-electron chi connectivity index (χ4n) is 9.46. The highest BCUT2D eigenvalue weighted by atomic mass is 16.7.